The molecule has 2 aromatic heterocycles. The maximum absolute atomic E-state index is 12.4. The van der Waals surface area contributed by atoms with E-state index in [2.05, 4.69) is 20.0 Å². The molecule has 31 heavy (non-hydrogen) atoms. The molecule has 0 aliphatic heterocycles. The number of ether oxygens (including phenoxy) is 1. The number of benzene rings is 2. The van der Waals surface area contributed by atoms with Gasteiger partial charge >= 0.3 is 6.18 Å². The number of hydrogen-bond donors (Lipinski definition) is 1. The van der Waals surface area contributed by atoms with E-state index in [0.29, 0.717) is 11.1 Å². The van der Waals surface area contributed by atoms with Crippen LogP contribution in [0.3, 0.4) is 0 Å². The van der Waals surface area contributed by atoms with E-state index in [0.717, 1.165) is 16.7 Å². The van der Waals surface area contributed by atoms with Crippen molar-refractivity contribution in [3.8, 4) is 11.6 Å². The summed E-state index contributed by atoms with van der Waals surface area (Å²) in [6, 6.07) is 17.7. The number of nitrogens with one attached hydrogen (secondary N) is 1. The van der Waals surface area contributed by atoms with E-state index in [1.165, 1.54) is 12.3 Å². The van der Waals surface area contributed by atoms with Crippen LogP contribution in [0.15, 0.2) is 73.2 Å². The second-order valence-corrected chi connectivity index (χ2v) is 6.74. The topological polar surface area (TPSA) is 69.0 Å². The van der Waals surface area contributed by atoms with Gasteiger partial charge in [0.15, 0.2) is 6.61 Å². The van der Waals surface area contributed by atoms with E-state index in [-0.39, 0.29) is 18.3 Å². The Balaban J connectivity index is 1.39. The van der Waals surface area contributed by atoms with Gasteiger partial charge in [0.25, 0.3) is 5.91 Å². The lowest BCUT2D eigenvalue weighted by atomic mass is 10.2. The number of nitrogens with zero attached hydrogens (tertiary/aromatic N) is 3. The molecule has 0 radical (unpaired) electrons. The molecule has 2 aromatic carbocycles. The first-order chi connectivity index (χ1) is 14.9. The highest BCUT2D eigenvalue weighted by Crippen LogP contribution is 2.19. The summed E-state index contributed by atoms with van der Waals surface area (Å²) >= 11 is 0. The maximum atomic E-state index is 12.4. The van der Waals surface area contributed by atoms with Crippen molar-refractivity contribution >= 4 is 16.9 Å². The van der Waals surface area contributed by atoms with Crippen molar-refractivity contribution in [3.05, 3.63) is 84.3 Å². The summed E-state index contributed by atoms with van der Waals surface area (Å²) in [5.41, 5.74) is 3.73. The van der Waals surface area contributed by atoms with Crippen molar-refractivity contribution in [2.24, 2.45) is 0 Å². The Morgan fingerprint density at radius 1 is 1.03 bits per heavy atom. The van der Waals surface area contributed by atoms with Crippen LogP contribution in [0.5, 0.6) is 5.88 Å². The van der Waals surface area contributed by atoms with Crippen LogP contribution in [0, 0.1) is 0 Å². The van der Waals surface area contributed by atoms with Crippen molar-refractivity contribution < 1.29 is 22.7 Å². The number of pyridine rings is 1. The smallest absolute Gasteiger partial charge is 0.422 e. The Labute approximate surface area is 175 Å². The van der Waals surface area contributed by atoms with Crippen LogP contribution < -0.4 is 10.1 Å². The minimum atomic E-state index is -4.44. The van der Waals surface area contributed by atoms with Gasteiger partial charge in [-0.15, -0.1) is 0 Å². The number of carbonyl (C=O) groups is 1. The van der Waals surface area contributed by atoms with E-state index in [1.807, 2.05) is 41.0 Å². The molecule has 0 saturated carbocycles. The van der Waals surface area contributed by atoms with Crippen molar-refractivity contribution in [1.29, 1.82) is 0 Å². The average Bonchev–Trinajstić information content (AvgIpc) is 3.20. The van der Waals surface area contributed by atoms with Crippen molar-refractivity contribution in [2.75, 3.05) is 6.61 Å². The number of fused-ring (bicyclic) bond motifs is 1. The molecule has 1 amide bonds. The van der Waals surface area contributed by atoms with Gasteiger partial charge in [0.05, 0.1) is 11.0 Å². The van der Waals surface area contributed by atoms with E-state index >= 15 is 0 Å². The highest BCUT2D eigenvalue weighted by molar-refractivity contribution is 5.94. The SMILES string of the molecule is O=C(NCc1ccnc(OCC(F)(F)F)c1)c1ccc(-n2cnc3ccccc32)cc1. The Morgan fingerprint density at radius 3 is 2.58 bits per heavy atom. The molecule has 0 unspecified atom stereocenters. The second kappa shape index (κ2) is 8.47. The van der Waals surface area contributed by atoms with Gasteiger partial charge in [0, 0.05) is 30.1 Å². The molecular formula is C22H17F3N4O2. The third-order valence-electron chi connectivity index (χ3n) is 4.50. The van der Waals surface area contributed by atoms with Gasteiger partial charge in [0.2, 0.25) is 5.88 Å². The predicted molar refractivity (Wildman–Crippen MR) is 108 cm³/mol. The number of hydrogen-bond acceptors (Lipinski definition) is 4. The molecule has 4 aromatic rings. The molecule has 9 heteroatoms. The van der Waals surface area contributed by atoms with Crippen LogP contribution in [0.4, 0.5) is 13.2 Å². The molecule has 0 spiro atoms. The van der Waals surface area contributed by atoms with Gasteiger partial charge in [-0.25, -0.2) is 9.97 Å². The van der Waals surface area contributed by atoms with Gasteiger partial charge in [0.1, 0.15) is 6.33 Å². The van der Waals surface area contributed by atoms with E-state index < -0.39 is 12.8 Å². The monoisotopic (exact) mass is 426 g/mol. The Morgan fingerprint density at radius 2 is 1.81 bits per heavy atom. The van der Waals surface area contributed by atoms with Gasteiger partial charge in [-0.05, 0) is 48.0 Å². The highest BCUT2D eigenvalue weighted by Gasteiger charge is 2.28. The van der Waals surface area contributed by atoms with Crippen LogP contribution in [-0.2, 0) is 6.54 Å². The van der Waals surface area contributed by atoms with Crippen LogP contribution in [0.2, 0.25) is 0 Å². The molecule has 0 atom stereocenters. The fourth-order valence-electron chi connectivity index (χ4n) is 3.02. The first kappa shape index (κ1) is 20.4. The highest BCUT2D eigenvalue weighted by atomic mass is 19.4. The Bertz CT molecular complexity index is 1200. The molecule has 0 fully saturated rings. The standard InChI is InChI=1S/C22H17F3N4O2/c23-22(24,25)13-31-20-11-15(9-10-26-20)12-27-21(30)16-5-7-17(8-6-16)29-14-28-18-3-1-2-4-19(18)29/h1-11,14H,12-13H2,(H,27,30). The lowest BCUT2D eigenvalue weighted by molar-refractivity contribution is -0.154. The Kier molecular flexibility index (Phi) is 5.57. The average molecular weight is 426 g/mol. The molecule has 1 N–H and O–H groups in total. The number of carbonyl (C=O) groups excluding carboxylic acids is 1. The Hall–Kier alpha value is -3.88. The van der Waals surface area contributed by atoms with Crippen molar-refractivity contribution in [2.45, 2.75) is 12.7 Å². The summed E-state index contributed by atoms with van der Waals surface area (Å²) in [5.74, 6) is -0.461. The summed E-state index contributed by atoms with van der Waals surface area (Å²) in [7, 11) is 0. The minimum Gasteiger partial charge on any atom is -0.468 e. The summed E-state index contributed by atoms with van der Waals surface area (Å²) in [6.07, 6.45) is -1.39. The van der Waals surface area contributed by atoms with Gasteiger partial charge in [-0.1, -0.05) is 12.1 Å². The molecule has 0 aliphatic rings. The first-order valence-corrected chi connectivity index (χ1v) is 9.34. The normalized spacial score (nSPS) is 11.5. The summed E-state index contributed by atoms with van der Waals surface area (Å²) < 4.78 is 43.3. The lowest BCUT2D eigenvalue weighted by Crippen LogP contribution is -2.23. The molecule has 158 valence electrons. The van der Waals surface area contributed by atoms with Gasteiger partial charge in [-0.2, -0.15) is 13.2 Å². The summed E-state index contributed by atoms with van der Waals surface area (Å²) in [5, 5.41) is 2.74. The third-order valence-corrected chi connectivity index (χ3v) is 4.50. The van der Waals surface area contributed by atoms with E-state index in [9.17, 15) is 18.0 Å². The largest absolute Gasteiger partial charge is 0.468 e. The second-order valence-electron chi connectivity index (χ2n) is 6.74. The first-order valence-electron chi connectivity index (χ1n) is 9.34. The molecule has 0 saturated heterocycles. The van der Waals surface area contributed by atoms with E-state index in [1.54, 1.807) is 24.5 Å². The number of imidazole rings is 1. The fraction of sp³-hybridized carbons (Fsp3) is 0.136. The molecule has 4 rings (SSSR count). The van der Waals surface area contributed by atoms with Gasteiger partial charge in [-0.3, -0.25) is 9.36 Å². The molecule has 0 bridgehead atoms. The van der Waals surface area contributed by atoms with Crippen LogP contribution >= 0.6 is 0 Å². The number of halogens is 3. The zero-order chi connectivity index (χ0) is 21.8. The van der Waals surface area contributed by atoms with Crippen molar-refractivity contribution in [3.63, 3.8) is 0 Å². The quantitative estimate of drug-likeness (QED) is 0.499. The fourth-order valence-corrected chi connectivity index (χ4v) is 3.02. The number of rotatable bonds is 6. The minimum absolute atomic E-state index is 0.123. The van der Waals surface area contributed by atoms with Crippen LogP contribution in [0.25, 0.3) is 16.7 Å². The zero-order valence-corrected chi connectivity index (χ0v) is 16.1. The number of aromatic nitrogens is 3. The molecule has 0 aliphatic carbocycles. The summed E-state index contributed by atoms with van der Waals surface area (Å²) in [4.78, 5) is 20.5. The number of alkyl halides is 3. The van der Waals surface area contributed by atoms with Crippen LogP contribution in [-0.4, -0.2) is 33.2 Å². The van der Waals surface area contributed by atoms with Gasteiger partial charge < -0.3 is 10.1 Å². The molecule has 6 nitrogen and oxygen atoms in total. The van der Waals surface area contributed by atoms with Crippen molar-refractivity contribution in [1.82, 2.24) is 19.9 Å². The maximum Gasteiger partial charge on any atom is 0.422 e. The number of para-hydroxylation sites is 2. The van der Waals surface area contributed by atoms with Crippen LogP contribution in [0.1, 0.15) is 15.9 Å². The lowest BCUT2D eigenvalue weighted by Gasteiger charge is -2.10. The molecule has 2 heterocycles. The number of amides is 1. The third kappa shape index (κ3) is 5.00. The zero-order valence-electron chi connectivity index (χ0n) is 16.1. The van der Waals surface area contributed by atoms with E-state index in [4.69, 9.17) is 0 Å². The predicted octanol–water partition coefficient (Wildman–Crippen LogP) is 4.29. The summed E-state index contributed by atoms with van der Waals surface area (Å²) in [6.45, 7) is -1.30. The molecular weight excluding hydrogens is 409 g/mol.